The van der Waals surface area contributed by atoms with Gasteiger partial charge in [0.05, 0.1) is 6.42 Å². The summed E-state index contributed by atoms with van der Waals surface area (Å²) in [7, 11) is 0. The minimum atomic E-state index is -1.15. The van der Waals surface area contributed by atoms with Gasteiger partial charge >= 0.3 is 5.97 Å². The average Bonchev–Trinajstić information content (AvgIpc) is 2.53. The van der Waals surface area contributed by atoms with Crippen molar-refractivity contribution in [1.29, 1.82) is 0 Å². The number of carbonyl (C=O) groups excluding carboxylic acids is 1. The van der Waals surface area contributed by atoms with Crippen molar-refractivity contribution in [2.75, 3.05) is 0 Å². The maximum Gasteiger partial charge on any atom is 0.326 e. The highest BCUT2D eigenvalue weighted by Gasteiger charge is 2.22. The van der Waals surface area contributed by atoms with E-state index in [2.05, 4.69) is 5.32 Å². The maximum atomic E-state index is 13.2. The molecule has 0 bridgehead atoms. The van der Waals surface area contributed by atoms with E-state index in [-0.39, 0.29) is 18.4 Å². The lowest BCUT2D eigenvalue weighted by atomic mass is 9.96. The number of carbonyl (C=O) groups is 2. The predicted molar refractivity (Wildman–Crippen MR) is 89.2 cm³/mol. The summed E-state index contributed by atoms with van der Waals surface area (Å²) in [5, 5.41) is 11.8. The van der Waals surface area contributed by atoms with Crippen molar-refractivity contribution in [3.63, 3.8) is 0 Å². The van der Waals surface area contributed by atoms with E-state index < -0.39 is 29.6 Å². The van der Waals surface area contributed by atoms with E-state index in [1.807, 2.05) is 32.0 Å². The molecule has 0 aliphatic heterocycles. The Bertz CT molecular complexity index is 785. The SMILES string of the molecule is Cc1cccc(C)c1C[C@H](NC(=O)Cc1ccc(F)c(F)c1)C(=O)O. The number of nitrogens with one attached hydrogen (secondary N) is 1. The molecular weight excluding hydrogens is 328 g/mol. The fourth-order valence-electron chi connectivity index (χ4n) is 2.66. The van der Waals surface area contributed by atoms with Crippen LogP contribution in [-0.2, 0) is 22.4 Å². The summed E-state index contributed by atoms with van der Waals surface area (Å²) in [4.78, 5) is 23.6. The van der Waals surface area contributed by atoms with E-state index in [9.17, 15) is 23.5 Å². The number of carboxylic acids is 1. The third-order valence-electron chi connectivity index (χ3n) is 4.03. The summed E-state index contributed by atoms with van der Waals surface area (Å²) >= 11 is 0. The standard InChI is InChI=1S/C19H19F2NO3/c1-11-4-3-5-12(2)14(11)10-17(19(24)25)22-18(23)9-13-6-7-15(20)16(21)8-13/h3-8,17H,9-10H2,1-2H3,(H,22,23)(H,24,25)/t17-/m0/s1. The summed E-state index contributed by atoms with van der Waals surface area (Å²) in [6, 6.07) is 7.69. The molecule has 0 aromatic heterocycles. The second-order valence-electron chi connectivity index (χ2n) is 5.96. The van der Waals surface area contributed by atoms with Crippen LogP contribution < -0.4 is 5.32 Å². The average molecular weight is 347 g/mol. The van der Waals surface area contributed by atoms with Gasteiger partial charge in [-0.05, 0) is 48.2 Å². The van der Waals surface area contributed by atoms with Gasteiger partial charge in [-0.2, -0.15) is 0 Å². The molecule has 132 valence electrons. The number of rotatable bonds is 6. The topological polar surface area (TPSA) is 66.4 Å². The van der Waals surface area contributed by atoms with Crippen LogP contribution in [0.4, 0.5) is 8.78 Å². The Balaban J connectivity index is 2.09. The third kappa shape index (κ3) is 4.86. The Kier molecular flexibility index (Phi) is 5.85. The quantitative estimate of drug-likeness (QED) is 0.844. The van der Waals surface area contributed by atoms with Crippen LogP contribution in [0, 0.1) is 25.5 Å². The van der Waals surface area contributed by atoms with Crippen LogP contribution in [0.25, 0.3) is 0 Å². The van der Waals surface area contributed by atoms with Gasteiger partial charge in [-0.1, -0.05) is 24.3 Å². The molecule has 0 aliphatic carbocycles. The number of halogens is 2. The van der Waals surface area contributed by atoms with Crippen LogP contribution in [0.2, 0.25) is 0 Å². The summed E-state index contributed by atoms with van der Waals surface area (Å²) in [5.41, 5.74) is 3.03. The number of hydrogen-bond donors (Lipinski definition) is 2. The van der Waals surface area contributed by atoms with Gasteiger partial charge in [-0.25, -0.2) is 13.6 Å². The van der Waals surface area contributed by atoms with Crippen molar-refractivity contribution in [3.05, 3.63) is 70.3 Å². The monoisotopic (exact) mass is 347 g/mol. The van der Waals surface area contributed by atoms with Gasteiger partial charge in [-0.15, -0.1) is 0 Å². The van der Waals surface area contributed by atoms with Gasteiger partial charge in [0.25, 0.3) is 0 Å². The van der Waals surface area contributed by atoms with Gasteiger partial charge in [0, 0.05) is 6.42 Å². The highest BCUT2D eigenvalue weighted by atomic mass is 19.2. The molecule has 2 aromatic carbocycles. The van der Waals surface area contributed by atoms with E-state index in [1.54, 1.807) is 0 Å². The second-order valence-corrected chi connectivity index (χ2v) is 5.96. The zero-order valence-corrected chi connectivity index (χ0v) is 14.0. The largest absolute Gasteiger partial charge is 0.480 e. The molecule has 1 atom stereocenters. The Morgan fingerprint density at radius 1 is 1.08 bits per heavy atom. The summed E-state index contributed by atoms with van der Waals surface area (Å²) in [5.74, 6) is -3.76. The first-order valence-electron chi connectivity index (χ1n) is 7.79. The van der Waals surface area contributed by atoms with Crippen LogP contribution in [0.1, 0.15) is 22.3 Å². The van der Waals surface area contributed by atoms with Crippen molar-refractivity contribution in [2.45, 2.75) is 32.7 Å². The molecule has 2 rings (SSSR count). The maximum absolute atomic E-state index is 13.2. The number of aryl methyl sites for hydroxylation is 2. The zero-order valence-electron chi connectivity index (χ0n) is 14.0. The van der Waals surface area contributed by atoms with Crippen LogP contribution in [0.5, 0.6) is 0 Å². The van der Waals surface area contributed by atoms with Crippen molar-refractivity contribution in [1.82, 2.24) is 5.32 Å². The molecule has 0 spiro atoms. The van der Waals surface area contributed by atoms with E-state index >= 15 is 0 Å². The van der Waals surface area contributed by atoms with Crippen molar-refractivity contribution in [3.8, 4) is 0 Å². The Morgan fingerprint density at radius 2 is 1.72 bits per heavy atom. The van der Waals surface area contributed by atoms with Crippen LogP contribution in [-0.4, -0.2) is 23.0 Å². The number of aliphatic carboxylic acids is 1. The number of amides is 1. The molecule has 1 amide bonds. The summed E-state index contributed by atoms with van der Waals surface area (Å²) in [6.07, 6.45) is -0.0783. The molecule has 0 unspecified atom stereocenters. The predicted octanol–water partition coefficient (Wildman–Crippen LogP) is 2.94. The molecule has 6 heteroatoms. The van der Waals surface area contributed by atoms with E-state index in [0.29, 0.717) is 0 Å². The van der Waals surface area contributed by atoms with Crippen molar-refractivity contribution >= 4 is 11.9 Å². The zero-order chi connectivity index (χ0) is 18.6. The van der Waals surface area contributed by atoms with Crippen molar-refractivity contribution in [2.24, 2.45) is 0 Å². The number of carboxylic acid groups (broad SMARTS) is 1. The van der Waals surface area contributed by atoms with Crippen molar-refractivity contribution < 1.29 is 23.5 Å². The minimum absolute atomic E-state index is 0.150. The molecule has 0 aliphatic rings. The molecule has 4 nitrogen and oxygen atoms in total. The molecular formula is C19H19F2NO3. The highest BCUT2D eigenvalue weighted by molar-refractivity contribution is 5.85. The fourth-order valence-corrected chi connectivity index (χ4v) is 2.66. The van der Waals surface area contributed by atoms with E-state index in [1.165, 1.54) is 6.07 Å². The molecule has 0 heterocycles. The molecule has 25 heavy (non-hydrogen) atoms. The van der Waals surface area contributed by atoms with Gasteiger partial charge in [0.2, 0.25) is 5.91 Å². The molecule has 2 aromatic rings. The molecule has 0 fully saturated rings. The summed E-state index contributed by atoms with van der Waals surface area (Å²) in [6.45, 7) is 3.76. The third-order valence-corrected chi connectivity index (χ3v) is 4.03. The number of hydrogen-bond acceptors (Lipinski definition) is 2. The fraction of sp³-hybridized carbons (Fsp3) is 0.263. The Morgan fingerprint density at radius 3 is 2.28 bits per heavy atom. The smallest absolute Gasteiger partial charge is 0.326 e. The lowest BCUT2D eigenvalue weighted by molar-refractivity contribution is -0.141. The van der Waals surface area contributed by atoms with Crippen LogP contribution in [0.3, 0.4) is 0 Å². The highest BCUT2D eigenvalue weighted by Crippen LogP contribution is 2.16. The van der Waals surface area contributed by atoms with Gasteiger partial charge < -0.3 is 10.4 Å². The van der Waals surface area contributed by atoms with Crippen LogP contribution >= 0.6 is 0 Å². The number of benzene rings is 2. The molecule has 0 saturated heterocycles. The van der Waals surface area contributed by atoms with Gasteiger partial charge in [0.1, 0.15) is 6.04 Å². The first-order chi connectivity index (χ1) is 11.8. The first kappa shape index (κ1) is 18.6. The minimum Gasteiger partial charge on any atom is -0.480 e. The van der Waals surface area contributed by atoms with E-state index in [0.717, 1.165) is 28.8 Å². The Hall–Kier alpha value is -2.76. The lowest BCUT2D eigenvalue weighted by Crippen LogP contribution is -2.43. The molecule has 2 N–H and O–H groups in total. The van der Waals surface area contributed by atoms with Crippen LogP contribution in [0.15, 0.2) is 36.4 Å². The molecule has 0 saturated carbocycles. The lowest BCUT2D eigenvalue weighted by Gasteiger charge is -2.17. The summed E-state index contributed by atoms with van der Waals surface area (Å²) < 4.78 is 26.1. The molecule has 0 radical (unpaired) electrons. The normalized spacial score (nSPS) is 11.8. The first-order valence-corrected chi connectivity index (χ1v) is 7.79. The Labute approximate surface area is 144 Å². The van der Waals surface area contributed by atoms with Gasteiger partial charge in [0.15, 0.2) is 11.6 Å². The van der Waals surface area contributed by atoms with E-state index in [4.69, 9.17) is 0 Å². The second kappa shape index (κ2) is 7.88. The van der Waals surface area contributed by atoms with Gasteiger partial charge in [-0.3, -0.25) is 4.79 Å².